The van der Waals surface area contributed by atoms with Crippen molar-refractivity contribution in [1.82, 2.24) is 0 Å². The van der Waals surface area contributed by atoms with Crippen LogP contribution in [0.3, 0.4) is 0 Å². The average Bonchev–Trinajstić information content (AvgIpc) is 2.58. The second-order valence-electron chi connectivity index (χ2n) is 4.99. The predicted molar refractivity (Wildman–Crippen MR) is 93.9 cm³/mol. The molecule has 3 rings (SSSR count). The van der Waals surface area contributed by atoms with Crippen LogP contribution in [0.1, 0.15) is 10.4 Å². The third kappa shape index (κ3) is 3.48. The van der Waals surface area contributed by atoms with Crippen LogP contribution in [-0.4, -0.2) is 5.91 Å². The number of benzene rings is 3. The predicted octanol–water partition coefficient (Wildman–Crippen LogP) is 5.51. The number of carbonyl (C=O) groups excluding carboxylic acids is 1. The summed E-state index contributed by atoms with van der Waals surface area (Å²) in [5, 5.41) is 2.85. The number of halogens is 2. The maximum atomic E-state index is 13.6. The van der Waals surface area contributed by atoms with Crippen LogP contribution >= 0.6 is 15.9 Å². The summed E-state index contributed by atoms with van der Waals surface area (Å²) in [6.07, 6.45) is 0. The quantitative estimate of drug-likeness (QED) is 0.647. The number of para-hydroxylation sites is 1. The van der Waals surface area contributed by atoms with Gasteiger partial charge in [-0.3, -0.25) is 4.79 Å². The van der Waals surface area contributed by atoms with Crippen LogP contribution in [0.15, 0.2) is 77.3 Å². The summed E-state index contributed by atoms with van der Waals surface area (Å²) in [4.78, 5) is 12.4. The van der Waals surface area contributed by atoms with Crippen LogP contribution in [0.25, 0.3) is 11.1 Å². The molecule has 0 atom stereocenters. The molecule has 0 fully saturated rings. The molecule has 0 saturated heterocycles. The van der Waals surface area contributed by atoms with Gasteiger partial charge in [0.1, 0.15) is 5.82 Å². The molecule has 1 N–H and O–H groups in total. The number of anilines is 1. The van der Waals surface area contributed by atoms with Gasteiger partial charge in [0.2, 0.25) is 0 Å². The second-order valence-corrected chi connectivity index (χ2v) is 5.85. The molecule has 3 aromatic carbocycles. The largest absolute Gasteiger partial charge is 0.321 e. The molecule has 0 spiro atoms. The Balaban J connectivity index is 1.91. The van der Waals surface area contributed by atoms with E-state index in [0.29, 0.717) is 10.2 Å². The van der Waals surface area contributed by atoms with Crippen LogP contribution < -0.4 is 5.32 Å². The Morgan fingerprint density at radius 2 is 1.61 bits per heavy atom. The SMILES string of the molecule is O=C(Nc1ccccc1-c1ccccc1)c1ccc(Br)c(F)c1. The standard InChI is InChI=1S/C19H13BrFNO/c20-16-11-10-14(12-17(16)21)19(23)22-18-9-5-4-8-15(18)13-6-2-1-3-7-13/h1-12H,(H,22,23). The zero-order valence-corrected chi connectivity index (χ0v) is 13.7. The topological polar surface area (TPSA) is 29.1 Å². The highest BCUT2D eigenvalue weighted by Crippen LogP contribution is 2.28. The summed E-state index contributed by atoms with van der Waals surface area (Å²) in [6, 6.07) is 21.6. The molecule has 2 nitrogen and oxygen atoms in total. The average molecular weight is 370 g/mol. The van der Waals surface area contributed by atoms with Crippen molar-refractivity contribution < 1.29 is 9.18 Å². The molecule has 0 aromatic heterocycles. The van der Waals surface area contributed by atoms with E-state index < -0.39 is 5.82 Å². The Hall–Kier alpha value is -2.46. The minimum atomic E-state index is -0.464. The fourth-order valence-corrected chi connectivity index (χ4v) is 2.54. The maximum Gasteiger partial charge on any atom is 0.255 e. The summed E-state index contributed by atoms with van der Waals surface area (Å²) >= 11 is 3.08. The molecule has 114 valence electrons. The minimum Gasteiger partial charge on any atom is -0.321 e. The third-order valence-electron chi connectivity index (χ3n) is 3.44. The third-order valence-corrected chi connectivity index (χ3v) is 4.08. The highest BCUT2D eigenvalue weighted by atomic mass is 79.9. The van der Waals surface area contributed by atoms with E-state index in [-0.39, 0.29) is 11.5 Å². The molecule has 0 radical (unpaired) electrons. The van der Waals surface area contributed by atoms with Gasteiger partial charge in [-0.1, -0.05) is 48.5 Å². The van der Waals surface area contributed by atoms with Crippen LogP contribution in [0.2, 0.25) is 0 Å². The van der Waals surface area contributed by atoms with Crippen molar-refractivity contribution in [2.75, 3.05) is 5.32 Å². The van der Waals surface area contributed by atoms with E-state index in [1.807, 2.05) is 54.6 Å². The fraction of sp³-hybridized carbons (Fsp3) is 0. The molecule has 0 aliphatic carbocycles. The number of amides is 1. The van der Waals surface area contributed by atoms with Gasteiger partial charge in [0, 0.05) is 16.8 Å². The first-order valence-electron chi connectivity index (χ1n) is 7.06. The van der Waals surface area contributed by atoms with Gasteiger partial charge >= 0.3 is 0 Å². The molecular formula is C19H13BrFNO. The minimum absolute atomic E-state index is 0.272. The molecule has 0 bridgehead atoms. The fourth-order valence-electron chi connectivity index (χ4n) is 2.29. The van der Waals surface area contributed by atoms with Gasteiger partial charge < -0.3 is 5.32 Å². The Kier molecular flexibility index (Phi) is 4.53. The number of hydrogen-bond acceptors (Lipinski definition) is 1. The van der Waals surface area contributed by atoms with Gasteiger partial charge in [-0.05, 0) is 45.8 Å². The van der Waals surface area contributed by atoms with Gasteiger partial charge in [-0.25, -0.2) is 4.39 Å². The molecule has 0 saturated carbocycles. The Labute approximate surface area is 142 Å². The first-order chi connectivity index (χ1) is 11.1. The lowest BCUT2D eigenvalue weighted by Gasteiger charge is -2.11. The van der Waals surface area contributed by atoms with Crippen molar-refractivity contribution in [1.29, 1.82) is 0 Å². The normalized spacial score (nSPS) is 10.3. The van der Waals surface area contributed by atoms with E-state index in [2.05, 4.69) is 21.2 Å². The van der Waals surface area contributed by atoms with Gasteiger partial charge in [-0.2, -0.15) is 0 Å². The van der Waals surface area contributed by atoms with Gasteiger partial charge in [0.15, 0.2) is 0 Å². The summed E-state index contributed by atoms with van der Waals surface area (Å²) < 4.78 is 13.9. The van der Waals surface area contributed by atoms with Gasteiger partial charge in [0.25, 0.3) is 5.91 Å². The summed E-state index contributed by atoms with van der Waals surface area (Å²) in [7, 11) is 0. The molecule has 1 amide bonds. The van der Waals surface area contributed by atoms with E-state index in [4.69, 9.17) is 0 Å². The Morgan fingerprint density at radius 1 is 0.913 bits per heavy atom. The van der Waals surface area contributed by atoms with Crippen molar-refractivity contribution in [3.05, 3.63) is 88.6 Å². The lowest BCUT2D eigenvalue weighted by Crippen LogP contribution is -2.12. The maximum absolute atomic E-state index is 13.6. The molecule has 0 unspecified atom stereocenters. The van der Waals surface area contributed by atoms with Crippen molar-refractivity contribution in [2.45, 2.75) is 0 Å². The lowest BCUT2D eigenvalue weighted by atomic mass is 10.0. The molecule has 4 heteroatoms. The number of rotatable bonds is 3. The first kappa shape index (κ1) is 15.4. The van der Waals surface area contributed by atoms with Crippen molar-refractivity contribution >= 4 is 27.5 Å². The van der Waals surface area contributed by atoms with E-state index in [1.54, 1.807) is 6.07 Å². The number of carbonyl (C=O) groups is 1. The molecule has 0 aliphatic rings. The van der Waals surface area contributed by atoms with Crippen molar-refractivity contribution in [2.24, 2.45) is 0 Å². The van der Waals surface area contributed by atoms with E-state index in [1.165, 1.54) is 12.1 Å². The van der Waals surface area contributed by atoms with Gasteiger partial charge in [0.05, 0.1) is 4.47 Å². The highest BCUT2D eigenvalue weighted by Gasteiger charge is 2.11. The molecule has 0 heterocycles. The Bertz CT molecular complexity index is 849. The summed E-state index contributed by atoms with van der Waals surface area (Å²) in [6.45, 7) is 0. The number of nitrogens with one attached hydrogen (secondary N) is 1. The van der Waals surface area contributed by atoms with Crippen molar-refractivity contribution in [3.63, 3.8) is 0 Å². The van der Waals surface area contributed by atoms with Crippen LogP contribution in [0, 0.1) is 5.82 Å². The van der Waals surface area contributed by atoms with Gasteiger partial charge in [-0.15, -0.1) is 0 Å². The van der Waals surface area contributed by atoms with E-state index >= 15 is 0 Å². The summed E-state index contributed by atoms with van der Waals surface area (Å²) in [5.41, 5.74) is 2.88. The zero-order valence-electron chi connectivity index (χ0n) is 12.1. The van der Waals surface area contributed by atoms with Crippen LogP contribution in [0.5, 0.6) is 0 Å². The monoisotopic (exact) mass is 369 g/mol. The molecule has 0 aliphatic heterocycles. The van der Waals surface area contributed by atoms with Crippen molar-refractivity contribution in [3.8, 4) is 11.1 Å². The second kappa shape index (κ2) is 6.75. The van der Waals surface area contributed by atoms with Crippen LogP contribution in [-0.2, 0) is 0 Å². The molecule has 3 aromatic rings. The lowest BCUT2D eigenvalue weighted by molar-refractivity contribution is 0.102. The van der Waals surface area contributed by atoms with E-state index in [0.717, 1.165) is 11.1 Å². The summed E-state index contributed by atoms with van der Waals surface area (Å²) in [5.74, 6) is -0.811. The molecule has 23 heavy (non-hydrogen) atoms. The smallest absolute Gasteiger partial charge is 0.255 e. The van der Waals surface area contributed by atoms with E-state index in [9.17, 15) is 9.18 Å². The highest BCUT2D eigenvalue weighted by molar-refractivity contribution is 9.10. The Morgan fingerprint density at radius 3 is 2.35 bits per heavy atom. The zero-order chi connectivity index (χ0) is 16.2. The molecular weight excluding hydrogens is 357 g/mol. The first-order valence-corrected chi connectivity index (χ1v) is 7.85. The number of hydrogen-bond donors (Lipinski definition) is 1. The van der Waals surface area contributed by atoms with Crippen LogP contribution in [0.4, 0.5) is 10.1 Å².